The first kappa shape index (κ1) is 10.4. The van der Waals surface area contributed by atoms with Gasteiger partial charge in [0.2, 0.25) is 0 Å². The first-order valence-electron chi connectivity index (χ1n) is 6.03. The molecule has 2 rings (SSSR count). The van der Waals surface area contributed by atoms with E-state index in [1.807, 2.05) is 0 Å². The van der Waals surface area contributed by atoms with Crippen molar-refractivity contribution < 1.29 is 0 Å². The van der Waals surface area contributed by atoms with Crippen LogP contribution in [-0.4, -0.2) is 31.1 Å². The van der Waals surface area contributed by atoms with Gasteiger partial charge in [-0.1, -0.05) is 20.3 Å². The Morgan fingerprint density at radius 1 is 1.21 bits per heavy atom. The molecule has 0 aromatic carbocycles. The molecule has 2 atom stereocenters. The Hall–Kier alpha value is -0.0800. The summed E-state index contributed by atoms with van der Waals surface area (Å²) in [5, 5.41) is 0. The molecule has 1 saturated carbocycles. The molecule has 1 saturated heterocycles. The summed E-state index contributed by atoms with van der Waals surface area (Å²) in [5.41, 5.74) is 6.08. The zero-order valence-corrected chi connectivity index (χ0v) is 9.63. The molecule has 0 aromatic rings. The number of hydrogen-bond acceptors (Lipinski definition) is 2. The lowest BCUT2D eigenvalue weighted by Gasteiger charge is -2.29. The van der Waals surface area contributed by atoms with Crippen molar-refractivity contribution in [2.24, 2.45) is 23.0 Å². The Bertz CT molecular complexity index is 188. The Morgan fingerprint density at radius 2 is 1.79 bits per heavy atom. The fraction of sp³-hybridized carbons (Fsp3) is 1.00. The Balaban J connectivity index is 1.84. The molecule has 0 amide bonds. The van der Waals surface area contributed by atoms with E-state index in [1.54, 1.807) is 0 Å². The molecule has 2 N–H and O–H groups in total. The number of rotatable bonds is 3. The minimum atomic E-state index is 0.304. The summed E-state index contributed by atoms with van der Waals surface area (Å²) in [5.74, 6) is 2.03. The number of fused-ring (bicyclic) bond motifs is 1. The molecular formula is C12H24N2. The van der Waals surface area contributed by atoms with E-state index in [0.717, 1.165) is 18.4 Å². The first-order valence-corrected chi connectivity index (χ1v) is 6.03. The average Bonchev–Trinajstić information content (AvgIpc) is 2.63. The molecule has 1 heterocycles. The van der Waals surface area contributed by atoms with Crippen molar-refractivity contribution in [3.05, 3.63) is 0 Å². The maximum Gasteiger partial charge on any atom is 0.00450 e. The topological polar surface area (TPSA) is 29.3 Å². The highest BCUT2D eigenvalue weighted by Gasteiger charge is 2.37. The van der Waals surface area contributed by atoms with Crippen LogP contribution in [0.3, 0.4) is 0 Å². The van der Waals surface area contributed by atoms with E-state index in [9.17, 15) is 0 Å². The van der Waals surface area contributed by atoms with Crippen LogP contribution in [0.15, 0.2) is 0 Å². The van der Waals surface area contributed by atoms with Crippen LogP contribution in [0.5, 0.6) is 0 Å². The molecular weight excluding hydrogens is 172 g/mol. The van der Waals surface area contributed by atoms with Crippen molar-refractivity contribution in [1.29, 1.82) is 0 Å². The predicted octanol–water partition coefficient (Wildman–Crippen LogP) is 1.70. The van der Waals surface area contributed by atoms with Crippen molar-refractivity contribution in [3.8, 4) is 0 Å². The maximum atomic E-state index is 5.77. The summed E-state index contributed by atoms with van der Waals surface area (Å²) < 4.78 is 0. The molecule has 0 aromatic heterocycles. The predicted molar refractivity (Wildman–Crippen MR) is 60.1 cm³/mol. The number of likely N-dealkylation sites (tertiary alicyclic amines) is 1. The van der Waals surface area contributed by atoms with E-state index < -0.39 is 0 Å². The summed E-state index contributed by atoms with van der Waals surface area (Å²) in [6, 6.07) is 0. The highest BCUT2D eigenvalue weighted by atomic mass is 15.2. The molecule has 0 spiro atoms. The van der Waals surface area contributed by atoms with Crippen molar-refractivity contribution in [2.45, 2.75) is 33.1 Å². The van der Waals surface area contributed by atoms with Crippen LogP contribution in [0.25, 0.3) is 0 Å². The summed E-state index contributed by atoms with van der Waals surface area (Å²) in [6.07, 6.45) is 4.43. The number of nitrogens with zero attached hydrogens (tertiary/aromatic N) is 1. The lowest BCUT2D eigenvalue weighted by atomic mass is 9.93. The molecule has 82 valence electrons. The van der Waals surface area contributed by atoms with Gasteiger partial charge in [0.25, 0.3) is 0 Å². The zero-order valence-electron chi connectivity index (χ0n) is 9.63. The highest BCUT2D eigenvalue weighted by molar-refractivity contribution is 4.90. The largest absolute Gasteiger partial charge is 0.330 e. The Kier molecular flexibility index (Phi) is 2.85. The van der Waals surface area contributed by atoms with Crippen LogP contribution in [0, 0.1) is 17.3 Å². The minimum Gasteiger partial charge on any atom is -0.330 e. The van der Waals surface area contributed by atoms with E-state index >= 15 is 0 Å². The molecule has 2 heteroatoms. The number of hydrogen-bond donors (Lipinski definition) is 1. The summed E-state index contributed by atoms with van der Waals surface area (Å²) in [6.45, 7) is 9.24. The molecule has 2 aliphatic rings. The van der Waals surface area contributed by atoms with Gasteiger partial charge in [-0.3, -0.25) is 0 Å². The van der Waals surface area contributed by atoms with Crippen LogP contribution in [0.1, 0.15) is 33.1 Å². The molecule has 1 aliphatic carbocycles. The Labute approximate surface area is 87.8 Å². The van der Waals surface area contributed by atoms with Gasteiger partial charge in [0.15, 0.2) is 0 Å². The van der Waals surface area contributed by atoms with Gasteiger partial charge in [0.05, 0.1) is 0 Å². The van der Waals surface area contributed by atoms with Gasteiger partial charge in [0, 0.05) is 19.6 Å². The standard InChI is InChI=1S/C12H24N2/c1-12(2,8-13)9-14-6-10-4-3-5-11(10)7-14/h10-11H,3-9,13H2,1-2H3. The van der Waals surface area contributed by atoms with Crippen molar-refractivity contribution in [3.63, 3.8) is 0 Å². The van der Waals surface area contributed by atoms with Gasteiger partial charge in [-0.25, -0.2) is 0 Å². The second-order valence-corrected chi connectivity index (χ2v) is 6.01. The second kappa shape index (κ2) is 3.82. The molecule has 2 unspecified atom stereocenters. The van der Waals surface area contributed by atoms with E-state index in [-0.39, 0.29) is 0 Å². The van der Waals surface area contributed by atoms with Crippen molar-refractivity contribution in [1.82, 2.24) is 4.90 Å². The zero-order chi connectivity index (χ0) is 10.2. The van der Waals surface area contributed by atoms with Crippen LogP contribution in [0.2, 0.25) is 0 Å². The van der Waals surface area contributed by atoms with Crippen molar-refractivity contribution >= 4 is 0 Å². The third kappa shape index (κ3) is 2.12. The lowest BCUT2D eigenvalue weighted by molar-refractivity contribution is 0.204. The molecule has 2 nitrogen and oxygen atoms in total. The second-order valence-electron chi connectivity index (χ2n) is 6.01. The number of nitrogens with two attached hydrogens (primary N) is 1. The quantitative estimate of drug-likeness (QED) is 0.744. The fourth-order valence-corrected chi connectivity index (χ4v) is 3.13. The smallest absolute Gasteiger partial charge is 0.00450 e. The van der Waals surface area contributed by atoms with Gasteiger partial charge in [-0.05, 0) is 36.6 Å². The first-order chi connectivity index (χ1) is 6.61. The molecule has 0 radical (unpaired) electrons. The van der Waals surface area contributed by atoms with E-state index in [2.05, 4.69) is 18.7 Å². The molecule has 0 bridgehead atoms. The molecule has 14 heavy (non-hydrogen) atoms. The monoisotopic (exact) mass is 196 g/mol. The lowest BCUT2D eigenvalue weighted by Crippen LogP contribution is -2.38. The molecule has 1 aliphatic heterocycles. The third-order valence-corrected chi connectivity index (χ3v) is 4.01. The maximum absolute atomic E-state index is 5.77. The highest BCUT2D eigenvalue weighted by Crippen LogP contribution is 2.38. The van der Waals surface area contributed by atoms with Crippen LogP contribution < -0.4 is 5.73 Å². The van der Waals surface area contributed by atoms with E-state index in [1.165, 1.54) is 38.9 Å². The average molecular weight is 196 g/mol. The summed E-state index contributed by atoms with van der Waals surface area (Å²) in [7, 11) is 0. The third-order valence-electron chi connectivity index (χ3n) is 4.01. The Morgan fingerprint density at radius 3 is 2.29 bits per heavy atom. The van der Waals surface area contributed by atoms with Crippen LogP contribution in [0.4, 0.5) is 0 Å². The van der Waals surface area contributed by atoms with Crippen molar-refractivity contribution in [2.75, 3.05) is 26.2 Å². The van der Waals surface area contributed by atoms with Gasteiger partial charge in [0.1, 0.15) is 0 Å². The SMILES string of the molecule is CC(C)(CN)CN1CC2CCCC2C1. The normalized spacial score (nSPS) is 33.6. The summed E-state index contributed by atoms with van der Waals surface area (Å²) in [4.78, 5) is 2.64. The van der Waals surface area contributed by atoms with E-state index in [4.69, 9.17) is 5.73 Å². The molecule has 2 fully saturated rings. The van der Waals surface area contributed by atoms with Gasteiger partial charge >= 0.3 is 0 Å². The summed E-state index contributed by atoms with van der Waals surface area (Å²) >= 11 is 0. The van der Waals surface area contributed by atoms with Gasteiger partial charge in [-0.2, -0.15) is 0 Å². The fourth-order valence-electron chi connectivity index (χ4n) is 3.13. The van der Waals surface area contributed by atoms with Crippen LogP contribution >= 0.6 is 0 Å². The van der Waals surface area contributed by atoms with Crippen LogP contribution in [-0.2, 0) is 0 Å². The minimum absolute atomic E-state index is 0.304. The van der Waals surface area contributed by atoms with E-state index in [0.29, 0.717) is 5.41 Å². The van der Waals surface area contributed by atoms with Gasteiger partial charge in [-0.15, -0.1) is 0 Å². The van der Waals surface area contributed by atoms with Gasteiger partial charge < -0.3 is 10.6 Å².